The molecule has 4 aromatic rings. The highest BCUT2D eigenvalue weighted by molar-refractivity contribution is 6.31. The molecule has 1 aromatic heterocycles. The predicted octanol–water partition coefficient (Wildman–Crippen LogP) is 4.00. The van der Waals surface area contributed by atoms with Gasteiger partial charge >= 0.3 is 0 Å². The molecule has 0 unspecified atom stereocenters. The van der Waals surface area contributed by atoms with E-state index in [1.807, 2.05) is 30.5 Å². The monoisotopic (exact) mass is 526 g/mol. The fraction of sp³-hybridized carbons (Fsp3) is 0.207. The van der Waals surface area contributed by atoms with E-state index < -0.39 is 29.3 Å². The number of aromatic amines is 1. The van der Waals surface area contributed by atoms with Gasteiger partial charge < -0.3 is 15.0 Å². The van der Waals surface area contributed by atoms with Gasteiger partial charge in [0.1, 0.15) is 11.3 Å². The molecule has 0 bridgehead atoms. The van der Waals surface area contributed by atoms with Gasteiger partial charge in [-0.15, -0.1) is 0 Å². The molecule has 0 aliphatic carbocycles. The van der Waals surface area contributed by atoms with Crippen molar-refractivity contribution in [3.63, 3.8) is 0 Å². The quantitative estimate of drug-likeness (QED) is 0.349. The second-order valence-electron chi connectivity index (χ2n) is 9.98. The highest BCUT2D eigenvalue weighted by atomic mass is 35.5. The molecule has 3 aliphatic heterocycles. The van der Waals surface area contributed by atoms with Gasteiger partial charge in [-0.25, -0.2) is 4.90 Å². The number of rotatable bonds is 4. The summed E-state index contributed by atoms with van der Waals surface area (Å²) in [5, 5.41) is 7.88. The number of benzene rings is 3. The summed E-state index contributed by atoms with van der Waals surface area (Å²) >= 11 is 6.37. The molecular weight excluding hydrogens is 504 g/mol. The number of imide groups is 1. The molecule has 3 amide bonds. The molecule has 3 N–H and O–H groups in total. The van der Waals surface area contributed by atoms with Crippen LogP contribution in [-0.4, -0.2) is 35.9 Å². The molecule has 3 aromatic carbocycles. The van der Waals surface area contributed by atoms with Crippen molar-refractivity contribution in [2.75, 3.05) is 17.3 Å². The van der Waals surface area contributed by atoms with Crippen LogP contribution >= 0.6 is 11.6 Å². The molecule has 4 heterocycles. The smallest absolute Gasteiger partial charge is 0.250 e. The summed E-state index contributed by atoms with van der Waals surface area (Å²) in [4.78, 5) is 46.5. The van der Waals surface area contributed by atoms with Crippen molar-refractivity contribution >= 4 is 51.6 Å². The molecule has 190 valence electrons. The van der Waals surface area contributed by atoms with Crippen LogP contribution in [0.25, 0.3) is 10.9 Å². The van der Waals surface area contributed by atoms with Crippen molar-refractivity contribution in [3.8, 4) is 5.75 Å². The third-order valence-corrected chi connectivity index (χ3v) is 8.34. The van der Waals surface area contributed by atoms with Gasteiger partial charge in [0, 0.05) is 45.5 Å². The van der Waals surface area contributed by atoms with E-state index in [0.717, 1.165) is 16.5 Å². The Balaban J connectivity index is 1.38. The van der Waals surface area contributed by atoms with Crippen molar-refractivity contribution in [1.29, 1.82) is 0 Å². The highest BCUT2D eigenvalue weighted by Crippen LogP contribution is 2.54. The first-order valence-electron chi connectivity index (χ1n) is 12.4. The van der Waals surface area contributed by atoms with Crippen LogP contribution in [0, 0.1) is 11.8 Å². The maximum absolute atomic E-state index is 14.2. The van der Waals surface area contributed by atoms with Gasteiger partial charge in [-0.2, -0.15) is 0 Å². The first kappa shape index (κ1) is 23.0. The van der Waals surface area contributed by atoms with E-state index in [4.69, 9.17) is 16.3 Å². The summed E-state index contributed by atoms with van der Waals surface area (Å²) in [6.45, 7) is 0. The van der Waals surface area contributed by atoms with Crippen LogP contribution < -0.4 is 20.3 Å². The molecule has 8 nitrogen and oxygen atoms in total. The number of anilines is 2. The molecule has 7 rings (SSSR count). The van der Waals surface area contributed by atoms with Crippen LogP contribution in [0.4, 0.5) is 11.4 Å². The van der Waals surface area contributed by atoms with Crippen LogP contribution in [0.3, 0.4) is 0 Å². The molecule has 2 saturated heterocycles. The molecule has 1 spiro atoms. The topological polar surface area (TPSA) is 104 Å². The van der Waals surface area contributed by atoms with Crippen LogP contribution in [0.2, 0.25) is 5.02 Å². The van der Waals surface area contributed by atoms with Crippen LogP contribution in [0.5, 0.6) is 5.75 Å². The number of halogens is 1. The SMILES string of the molecule is COc1cccc(N2C(=O)[C@H]3[C@H](Cc4c[nH]c5ccccc45)N[C@@]4(C(=O)Nc5ccc(Cl)cc54)[C@@H]3C2=O)c1. The Kier molecular flexibility index (Phi) is 4.95. The Morgan fingerprint density at radius 1 is 1.00 bits per heavy atom. The molecule has 0 radical (unpaired) electrons. The van der Waals surface area contributed by atoms with Gasteiger partial charge in [0.2, 0.25) is 17.7 Å². The number of ether oxygens (including phenoxy) is 1. The summed E-state index contributed by atoms with van der Waals surface area (Å²) in [5.41, 5.74) is 2.13. The third kappa shape index (κ3) is 3.04. The Labute approximate surface area is 222 Å². The number of H-pyrrole nitrogens is 1. The molecule has 9 heteroatoms. The number of amides is 3. The van der Waals surface area contributed by atoms with E-state index in [0.29, 0.717) is 34.1 Å². The highest BCUT2D eigenvalue weighted by Gasteiger charge is 2.70. The Bertz CT molecular complexity index is 1670. The van der Waals surface area contributed by atoms with Gasteiger partial charge in [-0.05, 0) is 48.4 Å². The fourth-order valence-electron chi connectivity index (χ4n) is 6.49. The number of carbonyl (C=O) groups is 3. The second kappa shape index (κ2) is 8.18. The van der Waals surface area contributed by atoms with Crippen molar-refractivity contribution in [3.05, 3.63) is 89.1 Å². The number of methoxy groups -OCH3 is 1. The van der Waals surface area contributed by atoms with Gasteiger partial charge in [0.05, 0.1) is 24.6 Å². The van der Waals surface area contributed by atoms with Crippen LogP contribution in [-0.2, 0) is 26.3 Å². The zero-order chi connectivity index (χ0) is 26.2. The average Bonchev–Trinajstić information content (AvgIpc) is 3.63. The largest absolute Gasteiger partial charge is 0.497 e. The van der Waals surface area contributed by atoms with E-state index >= 15 is 0 Å². The Hall–Kier alpha value is -4.14. The molecule has 0 saturated carbocycles. The van der Waals surface area contributed by atoms with Crippen molar-refractivity contribution in [2.45, 2.75) is 18.0 Å². The van der Waals surface area contributed by atoms with Crippen LogP contribution in [0.15, 0.2) is 72.9 Å². The standard InChI is InChI=1S/C29H23ClN4O4/c1-38-18-6-4-5-17(13-18)34-26(35)24-23(11-15-14-31-21-8-3-2-7-19(15)21)33-29(25(24)27(34)36)20-12-16(30)9-10-22(20)32-28(29)37/h2-10,12-14,23-25,31,33H,11H2,1H3,(H,32,37)/t23-,24-,25-,29+/m0/s1. The number of nitrogens with zero attached hydrogens (tertiary/aromatic N) is 1. The summed E-state index contributed by atoms with van der Waals surface area (Å²) < 4.78 is 5.34. The normalized spacial score (nSPS) is 25.8. The fourth-order valence-corrected chi connectivity index (χ4v) is 6.66. The van der Waals surface area contributed by atoms with E-state index in [2.05, 4.69) is 15.6 Å². The minimum Gasteiger partial charge on any atom is -0.497 e. The summed E-state index contributed by atoms with van der Waals surface area (Å²) in [7, 11) is 1.53. The molecular formula is C29H23ClN4O4. The minimum atomic E-state index is -1.43. The number of hydrogen-bond acceptors (Lipinski definition) is 5. The number of aromatic nitrogens is 1. The van der Waals surface area contributed by atoms with Gasteiger partial charge in [-0.3, -0.25) is 19.7 Å². The lowest BCUT2D eigenvalue weighted by Crippen LogP contribution is -2.53. The third-order valence-electron chi connectivity index (χ3n) is 8.10. The Morgan fingerprint density at radius 2 is 1.84 bits per heavy atom. The van der Waals surface area contributed by atoms with Gasteiger partial charge in [-0.1, -0.05) is 35.9 Å². The maximum Gasteiger partial charge on any atom is 0.250 e. The van der Waals surface area contributed by atoms with Crippen LogP contribution in [0.1, 0.15) is 11.1 Å². The van der Waals surface area contributed by atoms with E-state index in [1.54, 1.807) is 42.5 Å². The lowest BCUT2D eigenvalue weighted by atomic mass is 9.76. The van der Waals surface area contributed by atoms with Crippen molar-refractivity contribution in [1.82, 2.24) is 10.3 Å². The number of nitrogens with one attached hydrogen (secondary N) is 3. The average molecular weight is 527 g/mol. The lowest BCUT2D eigenvalue weighted by molar-refractivity contribution is -0.130. The maximum atomic E-state index is 14.2. The summed E-state index contributed by atoms with van der Waals surface area (Å²) in [5.74, 6) is -2.32. The zero-order valence-electron chi connectivity index (χ0n) is 20.3. The number of carbonyl (C=O) groups excluding carboxylic acids is 3. The van der Waals surface area contributed by atoms with Gasteiger partial charge in [0.25, 0.3) is 0 Å². The minimum absolute atomic E-state index is 0.342. The first-order valence-corrected chi connectivity index (χ1v) is 12.8. The molecule has 2 fully saturated rings. The molecule has 4 atom stereocenters. The lowest BCUT2D eigenvalue weighted by Gasteiger charge is -2.29. The molecule has 38 heavy (non-hydrogen) atoms. The number of fused-ring (bicyclic) bond motifs is 5. The number of para-hydroxylation sites is 1. The van der Waals surface area contributed by atoms with Crippen molar-refractivity contribution in [2.24, 2.45) is 11.8 Å². The zero-order valence-corrected chi connectivity index (χ0v) is 21.1. The van der Waals surface area contributed by atoms with E-state index in [9.17, 15) is 14.4 Å². The summed E-state index contributed by atoms with van der Waals surface area (Å²) in [6, 6.07) is 19.4. The number of hydrogen-bond donors (Lipinski definition) is 3. The van der Waals surface area contributed by atoms with Gasteiger partial charge in [0.15, 0.2) is 0 Å². The van der Waals surface area contributed by atoms with Crippen molar-refractivity contribution < 1.29 is 19.1 Å². The summed E-state index contributed by atoms with van der Waals surface area (Å²) in [6.07, 6.45) is 2.37. The Morgan fingerprint density at radius 3 is 2.68 bits per heavy atom. The van der Waals surface area contributed by atoms with E-state index in [-0.39, 0.29) is 11.8 Å². The van der Waals surface area contributed by atoms with E-state index in [1.165, 1.54) is 12.0 Å². The predicted molar refractivity (Wildman–Crippen MR) is 143 cm³/mol. The second-order valence-corrected chi connectivity index (χ2v) is 10.4. The first-order chi connectivity index (χ1) is 18.4. The molecule has 3 aliphatic rings.